The molecule has 0 radical (unpaired) electrons. The van der Waals surface area contributed by atoms with E-state index in [1.807, 2.05) is 12.3 Å². The Kier molecular flexibility index (Phi) is 4.39. The third-order valence-corrected chi connectivity index (χ3v) is 4.50. The largest absolute Gasteiger partial charge is 0.481 e. The molecule has 1 saturated heterocycles. The number of nitrogens with zero attached hydrogens (tertiary/aromatic N) is 2. The smallest absolute Gasteiger partial charge is 0.309 e. The van der Waals surface area contributed by atoms with E-state index in [9.17, 15) is 14.7 Å². The molecule has 1 fully saturated rings. The maximum absolute atomic E-state index is 11.2. The Morgan fingerprint density at radius 1 is 1.50 bits per heavy atom. The predicted octanol–water partition coefficient (Wildman–Crippen LogP) is 1.79. The second-order valence-corrected chi connectivity index (χ2v) is 6.33. The van der Waals surface area contributed by atoms with Crippen molar-refractivity contribution in [2.75, 3.05) is 18.4 Å². The van der Waals surface area contributed by atoms with Crippen molar-refractivity contribution in [3.8, 4) is 0 Å². The number of hydrogen-bond donors (Lipinski definition) is 2. The Morgan fingerprint density at radius 3 is 2.70 bits per heavy atom. The van der Waals surface area contributed by atoms with Gasteiger partial charge in [0.15, 0.2) is 5.13 Å². The first-order valence-electron chi connectivity index (χ1n) is 6.57. The lowest BCUT2D eigenvalue weighted by Gasteiger charge is -2.36. The second-order valence-electron chi connectivity index (χ2n) is 5.47. The molecule has 0 unspecified atom stereocenters. The number of rotatable bonds is 4. The molecule has 7 heteroatoms. The van der Waals surface area contributed by atoms with E-state index in [1.165, 1.54) is 18.3 Å². The Hall–Kier alpha value is -1.47. The summed E-state index contributed by atoms with van der Waals surface area (Å²) in [6, 6.07) is 0. The molecule has 2 rings (SSSR count). The second kappa shape index (κ2) is 5.88. The molecule has 2 N–H and O–H groups in total. The van der Waals surface area contributed by atoms with Crippen molar-refractivity contribution in [2.45, 2.75) is 33.2 Å². The maximum Gasteiger partial charge on any atom is 0.309 e. The molecule has 0 aromatic carbocycles. The molecular formula is C13H19N3O3S. The number of carboxylic acids is 1. The number of likely N-dealkylation sites (tertiary alicyclic amines) is 1. The van der Waals surface area contributed by atoms with Gasteiger partial charge in [-0.3, -0.25) is 14.5 Å². The lowest BCUT2D eigenvalue weighted by Crippen LogP contribution is -2.42. The minimum Gasteiger partial charge on any atom is -0.481 e. The van der Waals surface area contributed by atoms with Crippen molar-refractivity contribution >= 4 is 28.3 Å². The van der Waals surface area contributed by atoms with Gasteiger partial charge in [-0.2, -0.15) is 0 Å². The summed E-state index contributed by atoms with van der Waals surface area (Å²) in [4.78, 5) is 28.7. The van der Waals surface area contributed by atoms with Gasteiger partial charge in [-0.25, -0.2) is 4.98 Å². The van der Waals surface area contributed by atoms with Gasteiger partial charge in [0, 0.05) is 18.8 Å². The minimum atomic E-state index is -0.709. The number of aliphatic carboxylic acids is 1. The first-order chi connectivity index (χ1) is 9.39. The predicted molar refractivity (Wildman–Crippen MR) is 76.7 cm³/mol. The summed E-state index contributed by atoms with van der Waals surface area (Å²) < 4.78 is 0. The van der Waals surface area contributed by atoms with Gasteiger partial charge in [-0.05, 0) is 32.9 Å². The van der Waals surface area contributed by atoms with Gasteiger partial charge in [-0.15, -0.1) is 11.3 Å². The molecule has 0 saturated carbocycles. The molecular weight excluding hydrogens is 278 g/mol. The van der Waals surface area contributed by atoms with Crippen LogP contribution in [0.3, 0.4) is 0 Å². The van der Waals surface area contributed by atoms with Crippen LogP contribution in [0.25, 0.3) is 0 Å². The molecule has 0 spiro atoms. The number of anilines is 1. The van der Waals surface area contributed by atoms with E-state index in [1.54, 1.807) is 0 Å². The zero-order valence-corrected chi connectivity index (χ0v) is 12.5. The van der Waals surface area contributed by atoms with Crippen LogP contribution in [0.2, 0.25) is 0 Å². The number of carbonyl (C=O) groups is 2. The minimum absolute atomic E-state index is 0.124. The number of amides is 1. The van der Waals surface area contributed by atoms with Crippen LogP contribution >= 0.6 is 11.3 Å². The number of aromatic nitrogens is 1. The highest BCUT2D eigenvalue weighted by molar-refractivity contribution is 7.13. The van der Waals surface area contributed by atoms with Crippen LogP contribution in [0.1, 0.15) is 32.4 Å². The quantitative estimate of drug-likeness (QED) is 0.885. The summed E-state index contributed by atoms with van der Waals surface area (Å²) in [5, 5.41) is 14.4. The summed E-state index contributed by atoms with van der Waals surface area (Å²) >= 11 is 1.41. The van der Waals surface area contributed by atoms with Crippen molar-refractivity contribution in [1.29, 1.82) is 0 Å². The number of piperidine rings is 1. The van der Waals surface area contributed by atoms with Gasteiger partial charge in [-0.1, -0.05) is 0 Å². The molecule has 0 bridgehead atoms. The van der Waals surface area contributed by atoms with Crippen LogP contribution in [0, 0.1) is 5.41 Å². The highest BCUT2D eigenvalue weighted by atomic mass is 32.1. The van der Waals surface area contributed by atoms with E-state index in [0.717, 1.165) is 18.8 Å². The van der Waals surface area contributed by atoms with Crippen LogP contribution in [0.4, 0.5) is 5.13 Å². The van der Waals surface area contributed by atoms with Crippen LogP contribution in [0.5, 0.6) is 0 Å². The van der Waals surface area contributed by atoms with Gasteiger partial charge in [0.05, 0.1) is 11.1 Å². The van der Waals surface area contributed by atoms with Crippen molar-refractivity contribution in [3.63, 3.8) is 0 Å². The van der Waals surface area contributed by atoms with E-state index in [0.29, 0.717) is 24.5 Å². The maximum atomic E-state index is 11.2. The Balaban J connectivity index is 1.88. The molecule has 1 aromatic rings. The Morgan fingerprint density at radius 2 is 2.15 bits per heavy atom. The normalized spacial score (nSPS) is 18.7. The summed E-state index contributed by atoms with van der Waals surface area (Å²) in [6.45, 7) is 5.49. The van der Waals surface area contributed by atoms with Crippen molar-refractivity contribution in [3.05, 3.63) is 11.1 Å². The van der Waals surface area contributed by atoms with Crippen molar-refractivity contribution in [1.82, 2.24) is 9.88 Å². The van der Waals surface area contributed by atoms with Crippen LogP contribution in [-0.2, 0) is 16.1 Å². The zero-order chi connectivity index (χ0) is 14.8. The van der Waals surface area contributed by atoms with Gasteiger partial charge < -0.3 is 10.4 Å². The van der Waals surface area contributed by atoms with Gasteiger partial charge in [0.1, 0.15) is 0 Å². The molecule has 1 aromatic heterocycles. The number of thiazole rings is 1. The molecule has 0 atom stereocenters. The number of carbonyl (C=O) groups excluding carboxylic acids is 1. The summed E-state index contributed by atoms with van der Waals surface area (Å²) in [5.41, 5.74) is 0.317. The van der Waals surface area contributed by atoms with Crippen molar-refractivity contribution in [2.24, 2.45) is 5.41 Å². The summed E-state index contributed by atoms with van der Waals surface area (Å²) in [6.07, 6.45) is 1.32. The Bertz CT molecular complexity index is 507. The lowest BCUT2D eigenvalue weighted by atomic mass is 9.80. The van der Waals surface area contributed by atoms with Crippen molar-refractivity contribution < 1.29 is 14.7 Å². The SMILES string of the molecule is CC(=O)Nc1nc(CN2CCC(C)(C(=O)O)CC2)cs1. The highest BCUT2D eigenvalue weighted by Gasteiger charge is 2.36. The third-order valence-electron chi connectivity index (χ3n) is 3.70. The first-order valence-corrected chi connectivity index (χ1v) is 7.45. The van der Waals surface area contributed by atoms with Gasteiger partial charge in [0.25, 0.3) is 0 Å². The Labute approximate surface area is 121 Å². The van der Waals surface area contributed by atoms with Crippen LogP contribution < -0.4 is 5.32 Å². The molecule has 1 aliphatic rings. The molecule has 6 nitrogen and oxygen atoms in total. The van der Waals surface area contributed by atoms with E-state index < -0.39 is 11.4 Å². The molecule has 1 aliphatic heterocycles. The van der Waals surface area contributed by atoms with E-state index in [2.05, 4.69) is 15.2 Å². The summed E-state index contributed by atoms with van der Waals surface area (Å²) in [5.74, 6) is -0.833. The van der Waals surface area contributed by atoms with Crippen LogP contribution in [0.15, 0.2) is 5.38 Å². The fourth-order valence-corrected chi connectivity index (χ4v) is 2.98. The van der Waals surface area contributed by atoms with E-state index >= 15 is 0 Å². The monoisotopic (exact) mass is 297 g/mol. The zero-order valence-electron chi connectivity index (χ0n) is 11.7. The third kappa shape index (κ3) is 3.55. The molecule has 2 heterocycles. The van der Waals surface area contributed by atoms with Crippen LogP contribution in [-0.4, -0.2) is 40.0 Å². The van der Waals surface area contributed by atoms with E-state index in [4.69, 9.17) is 0 Å². The van der Waals surface area contributed by atoms with Gasteiger partial charge >= 0.3 is 5.97 Å². The standard InChI is InChI=1S/C13H19N3O3S/c1-9(17)14-12-15-10(8-20-12)7-16-5-3-13(2,4-6-16)11(18)19/h8H,3-7H2,1-2H3,(H,18,19)(H,14,15,17). The lowest BCUT2D eigenvalue weighted by molar-refractivity contribution is -0.150. The molecule has 20 heavy (non-hydrogen) atoms. The molecule has 1 amide bonds. The molecule has 110 valence electrons. The highest BCUT2D eigenvalue weighted by Crippen LogP contribution is 2.31. The number of nitrogens with one attached hydrogen (secondary N) is 1. The number of carboxylic acid groups (broad SMARTS) is 1. The first kappa shape index (κ1) is 14.9. The average Bonchev–Trinajstić information content (AvgIpc) is 2.78. The number of hydrogen-bond acceptors (Lipinski definition) is 5. The topological polar surface area (TPSA) is 82.5 Å². The van der Waals surface area contributed by atoms with Gasteiger partial charge in [0.2, 0.25) is 5.91 Å². The summed E-state index contributed by atoms with van der Waals surface area (Å²) in [7, 11) is 0. The molecule has 0 aliphatic carbocycles. The average molecular weight is 297 g/mol. The fraction of sp³-hybridized carbons (Fsp3) is 0.615. The van der Waals surface area contributed by atoms with E-state index in [-0.39, 0.29) is 5.91 Å². The fourth-order valence-electron chi connectivity index (χ4n) is 2.24.